The number of halogens is 3. The summed E-state index contributed by atoms with van der Waals surface area (Å²) in [5.74, 6) is 1.26. The van der Waals surface area contributed by atoms with Gasteiger partial charge in [-0.2, -0.15) is 0 Å². The Balaban J connectivity index is 1.79. The van der Waals surface area contributed by atoms with E-state index in [1.807, 2.05) is 36.4 Å². The Bertz CT molecular complexity index is 1190. The van der Waals surface area contributed by atoms with Crippen molar-refractivity contribution in [3.63, 3.8) is 0 Å². The van der Waals surface area contributed by atoms with E-state index < -0.39 is 10.0 Å². The van der Waals surface area contributed by atoms with E-state index in [4.69, 9.17) is 44.0 Å². The number of nitrogens with zero attached hydrogens (tertiary/aromatic N) is 1. The number of oxazole rings is 1. The molecule has 0 bridgehead atoms. The van der Waals surface area contributed by atoms with Gasteiger partial charge in [0.25, 0.3) is 0 Å². The quantitative estimate of drug-likeness (QED) is 0.255. The van der Waals surface area contributed by atoms with Gasteiger partial charge >= 0.3 is 0 Å². The van der Waals surface area contributed by atoms with Crippen molar-refractivity contribution in [1.82, 2.24) is 9.71 Å². The summed E-state index contributed by atoms with van der Waals surface area (Å²) in [5.41, 5.74) is 3.09. The van der Waals surface area contributed by atoms with E-state index in [2.05, 4.69) is 23.6 Å². The van der Waals surface area contributed by atoms with Crippen LogP contribution in [0.5, 0.6) is 5.75 Å². The zero-order chi connectivity index (χ0) is 24.2. The Morgan fingerprint density at radius 3 is 2.30 bits per heavy atom. The van der Waals surface area contributed by atoms with Crippen LogP contribution in [0.3, 0.4) is 0 Å². The van der Waals surface area contributed by atoms with Crippen LogP contribution in [0, 0.1) is 0 Å². The highest BCUT2D eigenvalue weighted by Gasteiger charge is 2.26. The fourth-order valence-corrected chi connectivity index (χ4v) is 4.32. The summed E-state index contributed by atoms with van der Waals surface area (Å²) in [6.07, 6.45) is 3.29. The van der Waals surface area contributed by atoms with Gasteiger partial charge in [-0.25, -0.2) is 18.1 Å². The number of aromatic nitrogens is 1. The predicted octanol–water partition coefficient (Wildman–Crippen LogP) is 6.03. The van der Waals surface area contributed by atoms with Crippen molar-refractivity contribution in [3.05, 3.63) is 69.7 Å². The molecule has 3 rings (SSSR count). The second-order valence-corrected chi connectivity index (χ2v) is 11.1. The molecule has 2 aromatic carbocycles. The molecule has 6 nitrogen and oxygen atoms in total. The molecular weight excluding hydrogens is 507 g/mol. The molecular formula is C23H25Cl3N2O4S. The predicted molar refractivity (Wildman–Crippen MR) is 133 cm³/mol. The largest absolute Gasteiger partial charge is 0.490 e. The minimum atomic E-state index is -3.32. The molecule has 0 fully saturated rings. The first kappa shape index (κ1) is 25.8. The van der Waals surface area contributed by atoms with Gasteiger partial charge in [-0.15, -0.1) is 11.6 Å². The van der Waals surface area contributed by atoms with Crippen LogP contribution in [-0.2, 0) is 22.0 Å². The third-order valence-electron chi connectivity index (χ3n) is 5.18. The normalized spacial score (nSPS) is 12.2. The lowest BCUT2D eigenvalue weighted by atomic mass is 9.78. The Morgan fingerprint density at radius 2 is 1.73 bits per heavy atom. The van der Waals surface area contributed by atoms with E-state index in [9.17, 15) is 8.42 Å². The van der Waals surface area contributed by atoms with Gasteiger partial charge in [0.1, 0.15) is 12.0 Å². The van der Waals surface area contributed by atoms with E-state index in [0.29, 0.717) is 40.4 Å². The van der Waals surface area contributed by atoms with Crippen LogP contribution >= 0.6 is 34.8 Å². The highest BCUT2D eigenvalue weighted by molar-refractivity contribution is 7.88. The lowest BCUT2D eigenvalue weighted by Crippen LogP contribution is -2.21. The molecule has 1 heterocycles. The number of hydrogen-bond acceptors (Lipinski definition) is 5. The van der Waals surface area contributed by atoms with Crippen molar-refractivity contribution in [2.75, 3.05) is 18.7 Å². The highest BCUT2D eigenvalue weighted by atomic mass is 35.5. The Morgan fingerprint density at radius 1 is 1.09 bits per heavy atom. The lowest BCUT2D eigenvalue weighted by Gasteiger charge is -2.27. The number of alkyl halides is 1. The molecule has 1 aromatic heterocycles. The topological polar surface area (TPSA) is 81.4 Å². The first-order valence-electron chi connectivity index (χ1n) is 10.2. The monoisotopic (exact) mass is 530 g/mol. The number of hydrogen-bond donors (Lipinski definition) is 1. The van der Waals surface area contributed by atoms with Gasteiger partial charge < -0.3 is 9.15 Å². The van der Waals surface area contributed by atoms with Gasteiger partial charge in [0, 0.05) is 16.9 Å². The van der Waals surface area contributed by atoms with E-state index >= 15 is 0 Å². The van der Waals surface area contributed by atoms with Crippen molar-refractivity contribution in [1.29, 1.82) is 0 Å². The molecule has 0 spiro atoms. The second-order valence-electron chi connectivity index (χ2n) is 8.08. The Kier molecular flexibility index (Phi) is 8.35. The summed E-state index contributed by atoms with van der Waals surface area (Å²) in [6, 6.07) is 11.6. The average molecular weight is 532 g/mol. The summed E-state index contributed by atoms with van der Waals surface area (Å²) in [5, 5.41) is 0.907. The molecule has 10 heteroatoms. The maximum atomic E-state index is 11.2. The van der Waals surface area contributed by atoms with Gasteiger partial charge in [0.15, 0.2) is 5.75 Å². The van der Waals surface area contributed by atoms with Crippen molar-refractivity contribution in [3.8, 4) is 17.0 Å². The Labute approximate surface area is 209 Å². The average Bonchev–Trinajstić information content (AvgIpc) is 3.23. The van der Waals surface area contributed by atoms with Gasteiger partial charge in [-0.05, 0) is 29.7 Å². The molecule has 1 N–H and O–H groups in total. The number of rotatable bonds is 10. The number of benzene rings is 2. The fraction of sp³-hybridized carbons (Fsp3) is 0.348. The third-order valence-corrected chi connectivity index (χ3v) is 6.68. The summed E-state index contributed by atoms with van der Waals surface area (Å²) >= 11 is 18.6. The number of ether oxygens (including phenoxy) is 1. The van der Waals surface area contributed by atoms with E-state index in [-0.39, 0.29) is 17.9 Å². The number of sulfonamides is 1. The minimum absolute atomic E-state index is 0.00292. The van der Waals surface area contributed by atoms with Crippen molar-refractivity contribution < 1.29 is 17.6 Å². The van der Waals surface area contributed by atoms with Gasteiger partial charge in [-0.1, -0.05) is 61.3 Å². The fourth-order valence-electron chi connectivity index (χ4n) is 3.23. The maximum absolute atomic E-state index is 11.2. The molecule has 3 aromatic rings. The van der Waals surface area contributed by atoms with Crippen LogP contribution in [0.25, 0.3) is 11.3 Å². The molecule has 178 valence electrons. The molecule has 0 aliphatic heterocycles. The van der Waals surface area contributed by atoms with Gasteiger partial charge in [0.05, 0.1) is 29.5 Å². The van der Waals surface area contributed by atoms with Gasteiger partial charge in [0.2, 0.25) is 15.9 Å². The van der Waals surface area contributed by atoms with Crippen LogP contribution in [-0.4, -0.2) is 32.1 Å². The maximum Gasteiger partial charge on any atom is 0.209 e. The number of nitrogens with one attached hydrogen (secondary N) is 1. The molecule has 0 atom stereocenters. The van der Waals surface area contributed by atoms with Crippen LogP contribution in [0.1, 0.15) is 37.3 Å². The zero-order valence-corrected chi connectivity index (χ0v) is 21.6. The molecule has 0 saturated carbocycles. The molecule has 33 heavy (non-hydrogen) atoms. The van der Waals surface area contributed by atoms with Crippen molar-refractivity contribution >= 4 is 44.8 Å². The van der Waals surface area contributed by atoms with Crippen LogP contribution in [0.15, 0.2) is 47.1 Å². The SMILES string of the molecule is CC(C)(c1ccc(-c2coc(CNS(C)(=O)=O)n2)cc1)c1cc(Cl)c(OCCCCl)c(Cl)c1. The van der Waals surface area contributed by atoms with Crippen LogP contribution in [0.4, 0.5) is 0 Å². The molecule has 0 aliphatic rings. The standard InChI is InChI=1S/C23H25Cl3N2O4S/c1-23(2,17-11-18(25)22(19(26)12-17)31-10-4-9-24)16-7-5-15(6-8-16)20-14-32-21(28-20)13-27-33(3,29)30/h5-8,11-12,14,27H,4,9-10,13H2,1-3H3. The van der Waals surface area contributed by atoms with E-state index in [0.717, 1.165) is 22.9 Å². The van der Waals surface area contributed by atoms with Crippen LogP contribution < -0.4 is 9.46 Å². The molecule has 0 aliphatic carbocycles. The summed E-state index contributed by atoms with van der Waals surface area (Å²) < 4.78 is 35.9. The first-order valence-corrected chi connectivity index (χ1v) is 13.4. The molecule has 0 amide bonds. The lowest BCUT2D eigenvalue weighted by molar-refractivity contribution is 0.318. The highest BCUT2D eigenvalue weighted by Crippen LogP contribution is 2.40. The van der Waals surface area contributed by atoms with Crippen LogP contribution in [0.2, 0.25) is 10.0 Å². The van der Waals surface area contributed by atoms with E-state index in [1.54, 1.807) is 0 Å². The van der Waals surface area contributed by atoms with Crippen molar-refractivity contribution in [2.45, 2.75) is 32.2 Å². The minimum Gasteiger partial charge on any atom is -0.490 e. The summed E-state index contributed by atoms with van der Waals surface area (Å²) in [4.78, 5) is 4.35. The van der Waals surface area contributed by atoms with Crippen molar-refractivity contribution in [2.24, 2.45) is 0 Å². The Hall–Kier alpha value is -1.77. The smallest absolute Gasteiger partial charge is 0.209 e. The van der Waals surface area contributed by atoms with Gasteiger partial charge in [-0.3, -0.25) is 0 Å². The summed E-state index contributed by atoms with van der Waals surface area (Å²) in [6.45, 7) is 4.62. The first-order chi connectivity index (χ1) is 15.5. The second kappa shape index (κ2) is 10.7. The van der Waals surface area contributed by atoms with E-state index in [1.165, 1.54) is 6.26 Å². The molecule has 0 saturated heterocycles. The zero-order valence-electron chi connectivity index (χ0n) is 18.5. The molecule has 0 radical (unpaired) electrons. The molecule has 0 unspecified atom stereocenters. The summed E-state index contributed by atoms with van der Waals surface area (Å²) in [7, 11) is -3.32. The third kappa shape index (κ3) is 6.64.